The molecule has 0 fully saturated rings. The van der Waals surface area contributed by atoms with E-state index in [0.29, 0.717) is 30.3 Å². The number of carbonyl (C=O) groups excluding carboxylic acids is 2. The summed E-state index contributed by atoms with van der Waals surface area (Å²) in [5.74, 6) is -0.613. The molecule has 1 aliphatic heterocycles. The first kappa shape index (κ1) is 18.5. The smallest absolute Gasteiger partial charge is 0.327 e. The molecule has 2 rings (SSSR count). The Hall–Kier alpha value is -1.85. The van der Waals surface area contributed by atoms with Gasteiger partial charge in [-0.25, -0.2) is 4.79 Å². The van der Waals surface area contributed by atoms with Crippen LogP contribution in [0.2, 0.25) is 5.02 Å². The number of hydrogen-bond acceptors (Lipinski definition) is 5. The maximum atomic E-state index is 12.4. The van der Waals surface area contributed by atoms with Gasteiger partial charge in [-0.1, -0.05) is 35.9 Å². The highest BCUT2D eigenvalue weighted by molar-refractivity contribution is 6.31. The van der Waals surface area contributed by atoms with E-state index in [-0.39, 0.29) is 18.4 Å². The van der Waals surface area contributed by atoms with Crippen molar-refractivity contribution in [2.24, 2.45) is 0 Å². The molecule has 1 heterocycles. The average molecular weight is 352 g/mol. The van der Waals surface area contributed by atoms with Crippen LogP contribution < -0.4 is 0 Å². The fourth-order valence-electron chi connectivity index (χ4n) is 2.87. The van der Waals surface area contributed by atoms with Crippen molar-refractivity contribution in [3.8, 4) is 0 Å². The van der Waals surface area contributed by atoms with Gasteiger partial charge in [0.25, 0.3) is 0 Å². The molecule has 0 saturated heterocycles. The summed E-state index contributed by atoms with van der Waals surface area (Å²) in [5, 5.41) is 0.523. The van der Waals surface area contributed by atoms with E-state index in [1.165, 1.54) is 7.11 Å². The lowest BCUT2D eigenvalue weighted by atomic mass is 10.00. The second-order valence-electron chi connectivity index (χ2n) is 5.55. The van der Waals surface area contributed by atoms with Gasteiger partial charge in [0.1, 0.15) is 6.04 Å². The van der Waals surface area contributed by atoms with E-state index in [9.17, 15) is 9.59 Å². The maximum Gasteiger partial charge on any atom is 0.327 e. The zero-order chi connectivity index (χ0) is 17.5. The van der Waals surface area contributed by atoms with Gasteiger partial charge >= 0.3 is 11.9 Å². The molecular formula is C18H22ClNO4. The Labute approximate surface area is 147 Å². The van der Waals surface area contributed by atoms with Gasteiger partial charge in [0.2, 0.25) is 0 Å². The number of ether oxygens (including phenoxy) is 2. The third-order valence-corrected chi connectivity index (χ3v) is 4.27. The average Bonchev–Trinajstić information content (AvgIpc) is 2.57. The van der Waals surface area contributed by atoms with Gasteiger partial charge in [0.05, 0.1) is 20.1 Å². The molecule has 0 radical (unpaired) electrons. The lowest BCUT2D eigenvalue weighted by Crippen LogP contribution is -2.39. The molecule has 1 aliphatic rings. The van der Waals surface area contributed by atoms with E-state index in [1.807, 2.05) is 29.2 Å². The normalized spacial score (nSPS) is 16.2. The fraction of sp³-hybridized carbons (Fsp3) is 0.444. The standard InChI is InChI=1S/C18H22ClNO4/c1-3-24-16(21)11-13-7-6-10-20(12-13)17(18(22)23-2)14-8-4-5-9-15(14)19/h4-5,7-9,17H,3,6,10-12H2,1-2H3. The predicted octanol–water partition coefficient (Wildman–Crippen LogP) is 3.14. The predicted molar refractivity (Wildman–Crippen MR) is 91.7 cm³/mol. The Morgan fingerprint density at radius 2 is 2.08 bits per heavy atom. The van der Waals surface area contributed by atoms with Crippen LogP contribution in [0.15, 0.2) is 35.9 Å². The summed E-state index contributed by atoms with van der Waals surface area (Å²) in [4.78, 5) is 26.1. The van der Waals surface area contributed by atoms with Gasteiger partial charge in [-0.3, -0.25) is 9.69 Å². The monoisotopic (exact) mass is 351 g/mol. The molecule has 1 aromatic carbocycles. The number of hydrogen-bond donors (Lipinski definition) is 0. The van der Waals surface area contributed by atoms with E-state index >= 15 is 0 Å². The molecule has 1 aromatic rings. The number of rotatable bonds is 6. The quantitative estimate of drug-likeness (QED) is 0.582. The van der Waals surface area contributed by atoms with Gasteiger partial charge in [-0.2, -0.15) is 0 Å². The molecule has 5 nitrogen and oxygen atoms in total. The van der Waals surface area contributed by atoms with Crippen molar-refractivity contribution in [1.82, 2.24) is 4.90 Å². The Balaban J connectivity index is 2.19. The Kier molecular flexibility index (Phi) is 6.82. The van der Waals surface area contributed by atoms with Crippen molar-refractivity contribution in [2.75, 3.05) is 26.8 Å². The van der Waals surface area contributed by atoms with Gasteiger partial charge < -0.3 is 9.47 Å². The number of halogens is 1. The lowest BCUT2D eigenvalue weighted by molar-refractivity contribution is -0.147. The van der Waals surface area contributed by atoms with Gasteiger partial charge in [-0.05, 0) is 30.5 Å². The van der Waals surface area contributed by atoms with Gasteiger partial charge in [-0.15, -0.1) is 0 Å². The minimum absolute atomic E-state index is 0.237. The van der Waals surface area contributed by atoms with Crippen molar-refractivity contribution in [3.05, 3.63) is 46.5 Å². The molecule has 1 unspecified atom stereocenters. The molecular weight excluding hydrogens is 330 g/mol. The summed E-state index contributed by atoms with van der Waals surface area (Å²) in [6.45, 7) is 3.34. The van der Waals surface area contributed by atoms with Crippen molar-refractivity contribution in [3.63, 3.8) is 0 Å². The van der Waals surface area contributed by atoms with Gasteiger partial charge in [0, 0.05) is 18.1 Å². The molecule has 0 aliphatic carbocycles. The van der Waals surface area contributed by atoms with Crippen LogP contribution in [-0.4, -0.2) is 43.6 Å². The SMILES string of the molecule is CCOC(=O)CC1=CCCN(C(C(=O)OC)c2ccccc2Cl)C1. The number of nitrogens with zero attached hydrogens (tertiary/aromatic N) is 1. The number of esters is 2. The Morgan fingerprint density at radius 1 is 1.33 bits per heavy atom. The molecule has 0 saturated carbocycles. The summed E-state index contributed by atoms with van der Waals surface area (Å²) in [6, 6.07) is 6.66. The van der Waals surface area contributed by atoms with E-state index in [2.05, 4.69) is 0 Å². The second kappa shape index (κ2) is 8.85. The first-order chi connectivity index (χ1) is 11.6. The largest absolute Gasteiger partial charge is 0.468 e. The number of methoxy groups -OCH3 is 1. The van der Waals surface area contributed by atoms with Gasteiger partial charge in [0.15, 0.2) is 0 Å². The van der Waals surface area contributed by atoms with Crippen LogP contribution in [-0.2, 0) is 19.1 Å². The minimum atomic E-state index is -0.588. The fourth-order valence-corrected chi connectivity index (χ4v) is 3.11. The van der Waals surface area contributed by atoms with Crippen LogP contribution >= 0.6 is 11.6 Å². The second-order valence-corrected chi connectivity index (χ2v) is 5.96. The van der Waals surface area contributed by atoms with Crippen molar-refractivity contribution in [1.29, 1.82) is 0 Å². The van der Waals surface area contributed by atoms with Crippen molar-refractivity contribution >= 4 is 23.5 Å². The first-order valence-corrected chi connectivity index (χ1v) is 8.34. The van der Waals surface area contributed by atoms with E-state index in [4.69, 9.17) is 21.1 Å². The van der Waals surface area contributed by atoms with Crippen LogP contribution in [0.25, 0.3) is 0 Å². The summed E-state index contributed by atoms with van der Waals surface area (Å²) in [7, 11) is 1.37. The molecule has 6 heteroatoms. The molecule has 0 bridgehead atoms. The summed E-state index contributed by atoms with van der Waals surface area (Å²) >= 11 is 6.28. The lowest BCUT2D eigenvalue weighted by Gasteiger charge is -2.33. The molecule has 0 spiro atoms. The van der Waals surface area contributed by atoms with E-state index < -0.39 is 6.04 Å². The van der Waals surface area contributed by atoms with Crippen LogP contribution in [0.5, 0.6) is 0 Å². The summed E-state index contributed by atoms with van der Waals surface area (Å²) in [6.07, 6.45) is 3.03. The zero-order valence-corrected chi connectivity index (χ0v) is 14.7. The molecule has 0 aromatic heterocycles. The molecule has 1 atom stereocenters. The van der Waals surface area contributed by atoms with E-state index in [0.717, 1.165) is 12.0 Å². The van der Waals surface area contributed by atoms with Crippen LogP contribution in [0.4, 0.5) is 0 Å². The van der Waals surface area contributed by atoms with E-state index in [1.54, 1.807) is 13.0 Å². The Morgan fingerprint density at radius 3 is 2.75 bits per heavy atom. The summed E-state index contributed by atoms with van der Waals surface area (Å²) < 4.78 is 9.98. The van der Waals surface area contributed by atoms with Crippen LogP contribution in [0.3, 0.4) is 0 Å². The summed E-state index contributed by atoms with van der Waals surface area (Å²) in [5.41, 5.74) is 1.66. The topological polar surface area (TPSA) is 55.8 Å². The zero-order valence-electron chi connectivity index (χ0n) is 14.0. The highest BCUT2D eigenvalue weighted by atomic mass is 35.5. The minimum Gasteiger partial charge on any atom is -0.468 e. The van der Waals surface area contributed by atoms with Crippen molar-refractivity contribution in [2.45, 2.75) is 25.8 Å². The van der Waals surface area contributed by atoms with Crippen molar-refractivity contribution < 1.29 is 19.1 Å². The molecule has 0 amide bonds. The van der Waals surface area contributed by atoms with Crippen LogP contribution in [0.1, 0.15) is 31.4 Å². The van der Waals surface area contributed by atoms with Crippen LogP contribution in [0, 0.1) is 0 Å². The molecule has 0 N–H and O–H groups in total. The Bertz CT molecular complexity index is 629. The highest BCUT2D eigenvalue weighted by Crippen LogP contribution is 2.31. The highest BCUT2D eigenvalue weighted by Gasteiger charge is 2.32. The number of benzene rings is 1. The molecule has 24 heavy (non-hydrogen) atoms. The first-order valence-electron chi connectivity index (χ1n) is 7.96. The third kappa shape index (κ3) is 4.58. The third-order valence-electron chi connectivity index (χ3n) is 3.92. The number of carbonyl (C=O) groups is 2. The maximum absolute atomic E-state index is 12.4. The molecule has 130 valence electrons.